The van der Waals surface area contributed by atoms with Crippen LogP contribution in [0, 0.1) is 6.92 Å². The van der Waals surface area contributed by atoms with Crippen LogP contribution in [-0.4, -0.2) is 42.8 Å². The number of quaternary nitrogens is 1. The van der Waals surface area contributed by atoms with Crippen LogP contribution in [0.4, 0.5) is 5.95 Å². The molecule has 3 aromatic rings. The van der Waals surface area contributed by atoms with E-state index in [4.69, 9.17) is 9.72 Å². The van der Waals surface area contributed by atoms with E-state index in [0.29, 0.717) is 24.5 Å². The number of piperazine rings is 1. The Hall–Kier alpha value is -3.12. The lowest BCUT2D eigenvalue weighted by Gasteiger charge is -2.32. The average Bonchev–Trinajstić information content (AvgIpc) is 2.77. The molecule has 6 nitrogen and oxygen atoms in total. The van der Waals surface area contributed by atoms with E-state index in [-0.39, 0.29) is 5.56 Å². The second kappa shape index (κ2) is 9.59. The van der Waals surface area contributed by atoms with Crippen LogP contribution in [0.2, 0.25) is 0 Å². The van der Waals surface area contributed by atoms with Crippen LogP contribution in [-0.2, 0) is 13.0 Å². The number of hydrogen-bond acceptors (Lipinski definition) is 4. The van der Waals surface area contributed by atoms with Crippen molar-refractivity contribution >= 4 is 5.95 Å². The number of ether oxygens (including phenoxy) is 1. The van der Waals surface area contributed by atoms with Gasteiger partial charge in [-0.15, -0.1) is 0 Å². The molecule has 156 valence electrons. The van der Waals surface area contributed by atoms with Gasteiger partial charge in [-0.05, 0) is 19.1 Å². The quantitative estimate of drug-likeness (QED) is 0.627. The predicted octanol–water partition coefficient (Wildman–Crippen LogP) is 1.60. The molecule has 0 bridgehead atoms. The molecular weight excluding hydrogens is 376 g/mol. The fraction of sp³-hybridized carbons (Fsp3) is 0.333. The van der Waals surface area contributed by atoms with Crippen LogP contribution in [0.15, 0.2) is 65.5 Å². The zero-order valence-corrected chi connectivity index (χ0v) is 17.4. The third kappa shape index (κ3) is 5.07. The van der Waals surface area contributed by atoms with Crippen LogP contribution in [0.3, 0.4) is 0 Å². The van der Waals surface area contributed by atoms with E-state index in [9.17, 15) is 4.79 Å². The Morgan fingerprint density at radius 2 is 1.70 bits per heavy atom. The first-order chi connectivity index (χ1) is 14.7. The molecule has 1 aromatic heterocycles. The van der Waals surface area contributed by atoms with Gasteiger partial charge in [0.1, 0.15) is 12.3 Å². The van der Waals surface area contributed by atoms with Gasteiger partial charge in [0, 0.05) is 17.5 Å². The van der Waals surface area contributed by atoms with Crippen LogP contribution in [0.5, 0.6) is 5.75 Å². The number of aromatic nitrogens is 2. The number of hydrogen-bond donors (Lipinski definition) is 2. The summed E-state index contributed by atoms with van der Waals surface area (Å²) in [7, 11) is 0. The highest BCUT2D eigenvalue weighted by Crippen LogP contribution is 2.11. The number of benzene rings is 2. The zero-order valence-electron chi connectivity index (χ0n) is 17.4. The molecule has 0 radical (unpaired) electrons. The number of rotatable bonds is 7. The number of aromatic amines is 1. The Bertz CT molecular complexity index is 997. The van der Waals surface area contributed by atoms with Crippen molar-refractivity contribution in [2.45, 2.75) is 19.9 Å². The minimum absolute atomic E-state index is 0.0618. The lowest BCUT2D eigenvalue weighted by molar-refractivity contribution is -0.914. The van der Waals surface area contributed by atoms with Crippen molar-refractivity contribution in [1.82, 2.24) is 9.97 Å². The highest BCUT2D eigenvalue weighted by molar-refractivity contribution is 5.33. The van der Waals surface area contributed by atoms with Crippen molar-refractivity contribution < 1.29 is 9.64 Å². The molecule has 6 heteroatoms. The zero-order chi connectivity index (χ0) is 20.8. The number of aryl methyl sites for hydroxylation is 1. The molecule has 0 unspecified atom stereocenters. The second-order valence-corrected chi connectivity index (χ2v) is 7.76. The Labute approximate surface area is 177 Å². The highest BCUT2D eigenvalue weighted by atomic mass is 16.5. The fourth-order valence-electron chi connectivity index (χ4n) is 3.92. The molecule has 0 aliphatic carbocycles. The van der Waals surface area contributed by atoms with Gasteiger partial charge >= 0.3 is 0 Å². The summed E-state index contributed by atoms with van der Waals surface area (Å²) >= 11 is 0. The van der Waals surface area contributed by atoms with Crippen molar-refractivity contribution in [3.05, 3.63) is 87.8 Å². The van der Waals surface area contributed by atoms with Crippen molar-refractivity contribution in [2.24, 2.45) is 0 Å². The lowest BCUT2D eigenvalue weighted by atomic mass is 10.2. The Kier molecular flexibility index (Phi) is 6.44. The van der Waals surface area contributed by atoms with Crippen LogP contribution < -0.4 is 20.1 Å². The summed E-state index contributed by atoms with van der Waals surface area (Å²) in [6.45, 7) is 7.25. The van der Waals surface area contributed by atoms with E-state index in [1.807, 2.05) is 37.3 Å². The molecule has 1 saturated heterocycles. The van der Waals surface area contributed by atoms with Crippen LogP contribution in [0.1, 0.15) is 16.8 Å². The van der Waals surface area contributed by atoms with Gasteiger partial charge < -0.3 is 14.5 Å². The predicted molar refractivity (Wildman–Crippen MR) is 118 cm³/mol. The molecule has 4 rings (SSSR count). The normalized spacial score (nSPS) is 14.6. The summed E-state index contributed by atoms with van der Waals surface area (Å²) in [5.74, 6) is 1.50. The molecule has 0 atom stereocenters. The maximum Gasteiger partial charge on any atom is 0.255 e. The van der Waals surface area contributed by atoms with E-state index in [0.717, 1.165) is 44.2 Å². The SMILES string of the molecule is Cc1nc(N2CC[NH+](Cc3ccccc3)CC2)[nH]c(=O)c1CCOc1ccccc1. The van der Waals surface area contributed by atoms with E-state index < -0.39 is 0 Å². The average molecular weight is 406 g/mol. The molecule has 1 fully saturated rings. The first-order valence-electron chi connectivity index (χ1n) is 10.6. The van der Waals surface area contributed by atoms with E-state index in [1.165, 1.54) is 5.56 Å². The van der Waals surface area contributed by atoms with Gasteiger partial charge in [0.15, 0.2) is 0 Å². The van der Waals surface area contributed by atoms with Crippen LogP contribution >= 0.6 is 0 Å². The van der Waals surface area contributed by atoms with Crippen molar-refractivity contribution in [3.63, 3.8) is 0 Å². The van der Waals surface area contributed by atoms with Crippen molar-refractivity contribution in [3.8, 4) is 5.75 Å². The first-order valence-corrected chi connectivity index (χ1v) is 10.6. The summed E-state index contributed by atoms with van der Waals surface area (Å²) < 4.78 is 5.73. The van der Waals surface area contributed by atoms with Gasteiger partial charge in [0.2, 0.25) is 5.95 Å². The van der Waals surface area contributed by atoms with Gasteiger partial charge in [-0.2, -0.15) is 0 Å². The molecule has 0 amide bonds. The fourth-order valence-corrected chi connectivity index (χ4v) is 3.92. The summed E-state index contributed by atoms with van der Waals surface area (Å²) in [5, 5.41) is 0. The minimum atomic E-state index is -0.0618. The van der Waals surface area contributed by atoms with Crippen molar-refractivity contribution in [2.75, 3.05) is 37.7 Å². The Morgan fingerprint density at radius 1 is 1.03 bits per heavy atom. The van der Waals surface area contributed by atoms with Gasteiger partial charge in [-0.1, -0.05) is 48.5 Å². The van der Waals surface area contributed by atoms with Gasteiger partial charge in [0.05, 0.1) is 38.5 Å². The molecule has 2 N–H and O–H groups in total. The lowest BCUT2D eigenvalue weighted by Crippen LogP contribution is -3.13. The van der Waals surface area contributed by atoms with Gasteiger partial charge in [-0.3, -0.25) is 9.78 Å². The summed E-state index contributed by atoms with van der Waals surface area (Å²) in [6, 6.07) is 20.3. The maximum absolute atomic E-state index is 12.7. The minimum Gasteiger partial charge on any atom is -0.493 e. The molecule has 0 spiro atoms. The number of para-hydroxylation sites is 1. The molecule has 2 aromatic carbocycles. The molecular formula is C24H29N4O2+. The number of anilines is 1. The number of H-pyrrole nitrogens is 1. The first kappa shape index (κ1) is 20.2. The number of nitrogens with one attached hydrogen (secondary N) is 2. The van der Waals surface area contributed by atoms with E-state index in [2.05, 4.69) is 40.2 Å². The topological polar surface area (TPSA) is 62.7 Å². The number of nitrogens with zero attached hydrogens (tertiary/aromatic N) is 2. The van der Waals surface area contributed by atoms with E-state index in [1.54, 1.807) is 4.90 Å². The van der Waals surface area contributed by atoms with Gasteiger partial charge in [0.25, 0.3) is 5.56 Å². The molecule has 30 heavy (non-hydrogen) atoms. The van der Waals surface area contributed by atoms with Gasteiger partial charge in [-0.25, -0.2) is 4.98 Å². The summed E-state index contributed by atoms with van der Waals surface area (Å²) in [5.41, 5.74) is 2.78. The molecule has 2 heterocycles. The monoisotopic (exact) mass is 405 g/mol. The third-order valence-corrected chi connectivity index (χ3v) is 5.64. The Balaban J connectivity index is 1.33. The molecule has 0 saturated carbocycles. The highest BCUT2D eigenvalue weighted by Gasteiger charge is 2.22. The van der Waals surface area contributed by atoms with Crippen molar-refractivity contribution in [1.29, 1.82) is 0 Å². The molecule has 1 aliphatic heterocycles. The maximum atomic E-state index is 12.7. The summed E-state index contributed by atoms with van der Waals surface area (Å²) in [6.07, 6.45) is 0.540. The summed E-state index contributed by atoms with van der Waals surface area (Å²) in [4.78, 5) is 24.1. The standard InChI is InChI=1S/C24H28N4O2/c1-19-22(12-17-30-21-10-6-3-7-11-21)23(29)26-24(25-19)28-15-13-27(14-16-28)18-20-8-4-2-5-9-20/h2-11H,12-18H2,1H3,(H,25,26,29)/p+1. The Morgan fingerprint density at radius 3 is 2.37 bits per heavy atom. The largest absolute Gasteiger partial charge is 0.493 e. The second-order valence-electron chi connectivity index (χ2n) is 7.76. The van der Waals surface area contributed by atoms with E-state index >= 15 is 0 Å². The molecule has 1 aliphatic rings. The third-order valence-electron chi connectivity index (χ3n) is 5.64. The smallest absolute Gasteiger partial charge is 0.255 e. The van der Waals surface area contributed by atoms with Crippen LogP contribution in [0.25, 0.3) is 0 Å².